The number of hydrogen-bond acceptors (Lipinski definition) is 3. The van der Waals surface area contributed by atoms with E-state index in [2.05, 4.69) is 46.5 Å². The highest BCUT2D eigenvalue weighted by Crippen LogP contribution is 2.32. The molecule has 0 spiro atoms. The summed E-state index contributed by atoms with van der Waals surface area (Å²) in [5, 5.41) is 5.33. The van der Waals surface area contributed by atoms with Crippen LogP contribution in [0.3, 0.4) is 0 Å². The topological polar surface area (TPSA) is 52.2 Å². The number of benzene rings is 2. The molecule has 0 saturated heterocycles. The summed E-state index contributed by atoms with van der Waals surface area (Å²) >= 11 is 3.66. The molecule has 0 aliphatic heterocycles. The maximum absolute atomic E-state index is 13.4. The van der Waals surface area contributed by atoms with Crippen molar-refractivity contribution in [3.8, 4) is 5.69 Å². The molecule has 4 aromatic rings. The monoisotopic (exact) mass is 502 g/mol. The second kappa shape index (κ2) is 9.10. The third-order valence-electron chi connectivity index (χ3n) is 6.63. The van der Waals surface area contributed by atoms with E-state index in [1.165, 1.54) is 19.3 Å². The van der Waals surface area contributed by atoms with Gasteiger partial charge in [-0.05, 0) is 73.0 Å². The molecule has 0 atom stereocenters. The summed E-state index contributed by atoms with van der Waals surface area (Å²) in [6, 6.07) is 17.8. The number of fused-ring (bicyclic) bond motifs is 1. The van der Waals surface area contributed by atoms with Crippen molar-refractivity contribution in [1.29, 1.82) is 0 Å². The highest BCUT2D eigenvalue weighted by molar-refractivity contribution is 9.10. The van der Waals surface area contributed by atoms with Crippen LogP contribution in [0.2, 0.25) is 0 Å². The van der Waals surface area contributed by atoms with Crippen molar-refractivity contribution in [3.63, 3.8) is 0 Å². The van der Waals surface area contributed by atoms with Gasteiger partial charge in [-0.3, -0.25) is 4.79 Å². The maximum Gasteiger partial charge on any atom is 0.282 e. The Morgan fingerprint density at radius 3 is 2.55 bits per heavy atom. The van der Waals surface area contributed by atoms with E-state index in [-0.39, 0.29) is 11.5 Å². The SMILES string of the molecule is Cc1cc(C=Nn2c(C3CCCCC3)nc3ccccc3c2=O)c(C)n1-c1ccccc1Br. The van der Waals surface area contributed by atoms with Crippen LogP contribution in [0.5, 0.6) is 0 Å². The normalized spacial score (nSPS) is 15.0. The molecule has 33 heavy (non-hydrogen) atoms. The van der Waals surface area contributed by atoms with Gasteiger partial charge in [-0.15, -0.1) is 0 Å². The van der Waals surface area contributed by atoms with Gasteiger partial charge in [0.25, 0.3) is 5.56 Å². The zero-order valence-electron chi connectivity index (χ0n) is 19.0. The van der Waals surface area contributed by atoms with Crippen LogP contribution in [0, 0.1) is 13.8 Å². The Labute approximate surface area is 201 Å². The van der Waals surface area contributed by atoms with E-state index in [4.69, 9.17) is 10.1 Å². The zero-order chi connectivity index (χ0) is 22.9. The molecule has 0 radical (unpaired) electrons. The van der Waals surface area contributed by atoms with Crippen molar-refractivity contribution in [2.75, 3.05) is 0 Å². The minimum atomic E-state index is -0.1000. The van der Waals surface area contributed by atoms with Gasteiger partial charge in [0.05, 0.1) is 22.8 Å². The number of aromatic nitrogens is 3. The van der Waals surface area contributed by atoms with Crippen LogP contribution in [0.25, 0.3) is 16.6 Å². The smallest absolute Gasteiger partial charge is 0.282 e. The molecule has 6 heteroatoms. The van der Waals surface area contributed by atoms with Crippen LogP contribution in [-0.2, 0) is 0 Å². The predicted octanol–water partition coefficient (Wildman–Crippen LogP) is 6.50. The third-order valence-corrected chi connectivity index (χ3v) is 7.30. The third kappa shape index (κ3) is 4.08. The summed E-state index contributed by atoms with van der Waals surface area (Å²) in [5.74, 6) is 1.05. The molecule has 1 saturated carbocycles. The van der Waals surface area contributed by atoms with Crippen molar-refractivity contribution in [2.45, 2.75) is 51.9 Å². The zero-order valence-corrected chi connectivity index (χ0v) is 20.5. The van der Waals surface area contributed by atoms with Crippen molar-refractivity contribution in [2.24, 2.45) is 5.10 Å². The first kappa shape index (κ1) is 21.8. The number of hydrogen-bond donors (Lipinski definition) is 0. The van der Waals surface area contributed by atoms with Gasteiger partial charge in [0, 0.05) is 27.3 Å². The van der Waals surface area contributed by atoms with Gasteiger partial charge in [-0.2, -0.15) is 9.78 Å². The first-order chi connectivity index (χ1) is 16.0. The van der Waals surface area contributed by atoms with Crippen LogP contribution in [0.1, 0.15) is 60.8 Å². The summed E-state index contributed by atoms with van der Waals surface area (Å²) in [7, 11) is 0. The first-order valence-electron chi connectivity index (χ1n) is 11.5. The molecule has 1 aliphatic carbocycles. The lowest BCUT2D eigenvalue weighted by Crippen LogP contribution is -2.25. The fourth-order valence-corrected chi connectivity index (χ4v) is 5.38. The summed E-state index contributed by atoms with van der Waals surface area (Å²) < 4.78 is 4.78. The number of para-hydroxylation sites is 2. The van der Waals surface area contributed by atoms with E-state index in [0.29, 0.717) is 5.39 Å². The second-order valence-corrected chi connectivity index (χ2v) is 9.65. The van der Waals surface area contributed by atoms with Crippen LogP contribution in [-0.4, -0.2) is 20.4 Å². The number of halogens is 1. The summed E-state index contributed by atoms with van der Waals surface area (Å²) in [5.41, 5.74) is 4.90. The molecule has 0 N–H and O–H groups in total. The lowest BCUT2D eigenvalue weighted by molar-refractivity contribution is 0.416. The van der Waals surface area contributed by atoms with E-state index in [0.717, 1.165) is 51.3 Å². The molecule has 1 fully saturated rings. The molecule has 5 nitrogen and oxygen atoms in total. The molecule has 0 amide bonds. The lowest BCUT2D eigenvalue weighted by Gasteiger charge is -2.22. The maximum atomic E-state index is 13.4. The predicted molar refractivity (Wildman–Crippen MR) is 138 cm³/mol. The molecular formula is C27H27BrN4O. The Morgan fingerprint density at radius 2 is 1.76 bits per heavy atom. The molecular weight excluding hydrogens is 476 g/mol. The Bertz CT molecular complexity index is 1410. The number of nitrogens with zero attached hydrogens (tertiary/aromatic N) is 4. The average Bonchev–Trinajstić information content (AvgIpc) is 3.12. The van der Waals surface area contributed by atoms with E-state index in [1.54, 1.807) is 10.9 Å². The molecule has 0 unspecified atom stereocenters. The average molecular weight is 503 g/mol. The molecule has 2 aromatic heterocycles. The lowest BCUT2D eigenvalue weighted by atomic mass is 9.88. The van der Waals surface area contributed by atoms with Gasteiger partial charge in [-0.1, -0.05) is 43.5 Å². The van der Waals surface area contributed by atoms with Gasteiger partial charge < -0.3 is 4.57 Å². The fraction of sp³-hybridized carbons (Fsp3) is 0.296. The Balaban J connectivity index is 1.62. The van der Waals surface area contributed by atoms with E-state index in [1.807, 2.05) is 42.5 Å². The first-order valence-corrected chi connectivity index (χ1v) is 12.3. The molecule has 1 aliphatic rings. The van der Waals surface area contributed by atoms with Gasteiger partial charge in [-0.25, -0.2) is 4.98 Å². The fourth-order valence-electron chi connectivity index (χ4n) is 4.92. The number of rotatable bonds is 4. The van der Waals surface area contributed by atoms with Crippen LogP contribution >= 0.6 is 15.9 Å². The highest BCUT2D eigenvalue weighted by Gasteiger charge is 2.22. The van der Waals surface area contributed by atoms with Crippen LogP contribution in [0.15, 0.2) is 69.0 Å². The standard InChI is InChI=1S/C27H27BrN4O/c1-18-16-21(19(2)31(18)25-15-9-7-13-23(25)28)17-29-32-26(20-10-4-3-5-11-20)30-24-14-8-6-12-22(24)27(32)33/h6-9,12-17,20H,3-5,10-11H2,1-2H3. The quantitative estimate of drug-likeness (QED) is 0.299. The summed E-state index contributed by atoms with van der Waals surface area (Å²) in [6.07, 6.45) is 7.50. The van der Waals surface area contributed by atoms with Crippen molar-refractivity contribution >= 4 is 33.0 Å². The Morgan fingerprint density at radius 1 is 1.03 bits per heavy atom. The largest absolute Gasteiger partial charge is 0.317 e. The van der Waals surface area contributed by atoms with Gasteiger partial charge in [0.15, 0.2) is 0 Å². The molecule has 5 rings (SSSR count). The van der Waals surface area contributed by atoms with Crippen molar-refractivity contribution < 1.29 is 0 Å². The van der Waals surface area contributed by atoms with Crippen LogP contribution in [0.4, 0.5) is 0 Å². The van der Waals surface area contributed by atoms with Crippen LogP contribution < -0.4 is 5.56 Å². The Kier molecular flexibility index (Phi) is 6.02. The number of aryl methyl sites for hydroxylation is 1. The highest BCUT2D eigenvalue weighted by atomic mass is 79.9. The van der Waals surface area contributed by atoms with Gasteiger partial charge in [0.2, 0.25) is 0 Å². The van der Waals surface area contributed by atoms with E-state index in [9.17, 15) is 4.79 Å². The Hall–Kier alpha value is -2.99. The molecule has 2 heterocycles. The van der Waals surface area contributed by atoms with Crippen molar-refractivity contribution in [3.05, 3.63) is 92.2 Å². The van der Waals surface area contributed by atoms with Gasteiger partial charge >= 0.3 is 0 Å². The van der Waals surface area contributed by atoms with E-state index >= 15 is 0 Å². The molecule has 2 aromatic carbocycles. The summed E-state index contributed by atoms with van der Waals surface area (Å²) in [6.45, 7) is 4.16. The molecule has 0 bridgehead atoms. The van der Waals surface area contributed by atoms with Gasteiger partial charge in [0.1, 0.15) is 5.82 Å². The van der Waals surface area contributed by atoms with Crippen molar-refractivity contribution in [1.82, 2.24) is 14.2 Å². The molecule has 168 valence electrons. The summed E-state index contributed by atoms with van der Waals surface area (Å²) in [4.78, 5) is 18.3. The minimum absolute atomic E-state index is 0.1000. The second-order valence-electron chi connectivity index (χ2n) is 8.80. The minimum Gasteiger partial charge on any atom is -0.317 e. The van der Waals surface area contributed by atoms with E-state index < -0.39 is 0 Å².